The Balaban J connectivity index is 3.80. The minimum absolute atomic E-state index is 0.0719. The maximum absolute atomic E-state index is 10.5. The summed E-state index contributed by atoms with van der Waals surface area (Å²) in [7, 11) is 1.52. The minimum atomic E-state index is -0.836. The van der Waals surface area contributed by atoms with Gasteiger partial charge in [-0.1, -0.05) is 13.8 Å². The number of carbonyl (C=O) groups is 1. The van der Waals surface area contributed by atoms with Crippen molar-refractivity contribution in [2.75, 3.05) is 13.8 Å². The molecule has 1 unspecified atom stereocenters. The molecule has 4 heteroatoms. The van der Waals surface area contributed by atoms with Crippen LogP contribution >= 0.6 is 0 Å². The zero-order valence-electron chi connectivity index (χ0n) is 7.13. The van der Waals surface area contributed by atoms with Crippen molar-refractivity contribution in [3.63, 3.8) is 0 Å². The van der Waals surface area contributed by atoms with Crippen molar-refractivity contribution < 1.29 is 14.6 Å². The Morgan fingerprint density at radius 2 is 2.18 bits per heavy atom. The molecule has 0 rings (SSSR count). The van der Waals surface area contributed by atoms with Crippen LogP contribution in [0.2, 0.25) is 0 Å². The predicted octanol–water partition coefficient (Wildman–Crippen LogP) is 0.289. The number of hydrogen-bond acceptors (Lipinski definition) is 3. The van der Waals surface area contributed by atoms with E-state index >= 15 is 0 Å². The van der Waals surface area contributed by atoms with Gasteiger partial charge >= 0.3 is 5.97 Å². The van der Waals surface area contributed by atoms with Crippen LogP contribution in [-0.2, 0) is 9.53 Å². The van der Waals surface area contributed by atoms with E-state index in [9.17, 15) is 4.79 Å². The van der Waals surface area contributed by atoms with Gasteiger partial charge in [0, 0.05) is 7.11 Å². The molecule has 0 radical (unpaired) electrons. The SMILES string of the molecule is COCNC(C(=O)O)C(C)C. The second-order valence-corrected chi connectivity index (χ2v) is 2.70. The number of nitrogens with one attached hydrogen (secondary N) is 1. The molecule has 0 fully saturated rings. The molecular weight excluding hydrogens is 146 g/mol. The van der Waals surface area contributed by atoms with E-state index in [1.807, 2.05) is 13.8 Å². The first-order valence-electron chi connectivity index (χ1n) is 3.54. The molecule has 0 saturated carbocycles. The van der Waals surface area contributed by atoms with Crippen LogP contribution in [0.5, 0.6) is 0 Å². The molecular formula is C7H15NO3. The molecule has 0 aliphatic rings. The number of ether oxygens (including phenoxy) is 1. The highest BCUT2D eigenvalue weighted by molar-refractivity contribution is 5.73. The van der Waals surface area contributed by atoms with Gasteiger partial charge in [-0.3, -0.25) is 10.1 Å². The van der Waals surface area contributed by atoms with E-state index in [2.05, 4.69) is 5.32 Å². The smallest absolute Gasteiger partial charge is 0.321 e. The molecule has 11 heavy (non-hydrogen) atoms. The third kappa shape index (κ3) is 3.95. The maximum Gasteiger partial charge on any atom is 0.321 e. The van der Waals surface area contributed by atoms with Crippen molar-refractivity contribution in [3.05, 3.63) is 0 Å². The van der Waals surface area contributed by atoms with Crippen LogP contribution in [0.15, 0.2) is 0 Å². The second-order valence-electron chi connectivity index (χ2n) is 2.70. The monoisotopic (exact) mass is 161 g/mol. The lowest BCUT2D eigenvalue weighted by Gasteiger charge is -2.16. The predicted molar refractivity (Wildman–Crippen MR) is 41.3 cm³/mol. The van der Waals surface area contributed by atoms with Crippen LogP contribution in [0.1, 0.15) is 13.8 Å². The quantitative estimate of drug-likeness (QED) is 0.569. The van der Waals surface area contributed by atoms with E-state index in [0.29, 0.717) is 0 Å². The zero-order chi connectivity index (χ0) is 8.85. The second kappa shape index (κ2) is 5.09. The Labute approximate surface area is 66.5 Å². The summed E-state index contributed by atoms with van der Waals surface area (Å²) in [4.78, 5) is 10.5. The van der Waals surface area contributed by atoms with E-state index in [-0.39, 0.29) is 12.6 Å². The van der Waals surface area contributed by atoms with Crippen LogP contribution in [0.3, 0.4) is 0 Å². The maximum atomic E-state index is 10.5. The number of carboxylic acids is 1. The standard InChI is InChI=1S/C7H15NO3/c1-5(2)6(7(9)10)8-4-11-3/h5-6,8H,4H2,1-3H3,(H,9,10). The Bertz CT molecular complexity index is 125. The highest BCUT2D eigenvalue weighted by Crippen LogP contribution is 2.00. The summed E-state index contributed by atoms with van der Waals surface area (Å²) in [6.45, 7) is 3.97. The van der Waals surface area contributed by atoms with Gasteiger partial charge in [0.25, 0.3) is 0 Å². The van der Waals surface area contributed by atoms with E-state index in [1.165, 1.54) is 7.11 Å². The van der Waals surface area contributed by atoms with E-state index < -0.39 is 12.0 Å². The lowest BCUT2D eigenvalue weighted by atomic mass is 10.1. The highest BCUT2D eigenvalue weighted by Gasteiger charge is 2.19. The van der Waals surface area contributed by atoms with Gasteiger partial charge in [0.05, 0.1) is 6.73 Å². The van der Waals surface area contributed by atoms with Gasteiger partial charge < -0.3 is 9.84 Å². The third-order valence-electron chi connectivity index (χ3n) is 1.38. The molecule has 0 spiro atoms. The lowest BCUT2D eigenvalue weighted by molar-refractivity contribution is -0.141. The van der Waals surface area contributed by atoms with Gasteiger partial charge in [-0.05, 0) is 5.92 Å². The fourth-order valence-electron chi connectivity index (χ4n) is 0.781. The molecule has 0 aliphatic heterocycles. The van der Waals surface area contributed by atoms with Gasteiger partial charge in [0.15, 0.2) is 0 Å². The first kappa shape index (κ1) is 10.4. The van der Waals surface area contributed by atoms with Gasteiger partial charge in [0.1, 0.15) is 6.04 Å². The normalized spacial score (nSPS) is 13.5. The molecule has 66 valence electrons. The number of rotatable bonds is 5. The Morgan fingerprint density at radius 3 is 2.45 bits per heavy atom. The first-order chi connectivity index (χ1) is 5.09. The topological polar surface area (TPSA) is 58.6 Å². The van der Waals surface area contributed by atoms with Crippen molar-refractivity contribution in [2.24, 2.45) is 5.92 Å². The van der Waals surface area contributed by atoms with E-state index in [4.69, 9.17) is 9.84 Å². The number of hydrogen-bond donors (Lipinski definition) is 2. The Hall–Kier alpha value is -0.610. The summed E-state index contributed by atoms with van der Waals surface area (Å²) < 4.78 is 4.70. The number of methoxy groups -OCH3 is 1. The molecule has 2 N–H and O–H groups in total. The summed E-state index contributed by atoms with van der Waals surface area (Å²) in [6.07, 6.45) is 0. The van der Waals surface area contributed by atoms with Gasteiger partial charge in [-0.15, -0.1) is 0 Å². The van der Waals surface area contributed by atoms with Crippen molar-refractivity contribution >= 4 is 5.97 Å². The average molecular weight is 161 g/mol. The van der Waals surface area contributed by atoms with Crippen LogP contribution in [-0.4, -0.2) is 31.0 Å². The molecule has 0 amide bonds. The van der Waals surface area contributed by atoms with Crippen molar-refractivity contribution in [2.45, 2.75) is 19.9 Å². The highest BCUT2D eigenvalue weighted by atomic mass is 16.5. The molecule has 0 saturated heterocycles. The molecule has 0 bridgehead atoms. The number of aliphatic carboxylic acids is 1. The van der Waals surface area contributed by atoms with Crippen LogP contribution in [0.4, 0.5) is 0 Å². The molecule has 1 atom stereocenters. The molecule has 0 aromatic rings. The van der Waals surface area contributed by atoms with E-state index in [1.54, 1.807) is 0 Å². The summed E-state index contributed by atoms with van der Waals surface area (Å²) in [6, 6.07) is -0.519. The summed E-state index contributed by atoms with van der Waals surface area (Å²) in [5, 5.41) is 11.4. The zero-order valence-corrected chi connectivity index (χ0v) is 7.13. The Kier molecular flexibility index (Phi) is 4.81. The lowest BCUT2D eigenvalue weighted by Crippen LogP contribution is -2.41. The summed E-state index contributed by atoms with van der Waals surface area (Å²) in [5.74, 6) is -0.764. The van der Waals surface area contributed by atoms with Crippen LogP contribution in [0.25, 0.3) is 0 Å². The molecule has 4 nitrogen and oxygen atoms in total. The molecule has 0 aromatic carbocycles. The van der Waals surface area contributed by atoms with Crippen LogP contribution in [0, 0.1) is 5.92 Å². The third-order valence-corrected chi connectivity index (χ3v) is 1.38. The van der Waals surface area contributed by atoms with Crippen molar-refractivity contribution in [1.82, 2.24) is 5.32 Å². The first-order valence-corrected chi connectivity index (χ1v) is 3.54. The summed E-state index contributed by atoms with van der Waals surface area (Å²) >= 11 is 0. The fourth-order valence-corrected chi connectivity index (χ4v) is 0.781. The van der Waals surface area contributed by atoms with Gasteiger partial charge in [-0.2, -0.15) is 0 Å². The van der Waals surface area contributed by atoms with Crippen molar-refractivity contribution in [3.8, 4) is 0 Å². The molecule has 0 heterocycles. The molecule has 0 aliphatic carbocycles. The largest absolute Gasteiger partial charge is 0.480 e. The van der Waals surface area contributed by atoms with Gasteiger partial charge in [0.2, 0.25) is 0 Å². The van der Waals surface area contributed by atoms with Crippen LogP contribution < -0.4 is 5.32 Å². The fraction of sp³-hybridized carbons (Fsp3) is 0.857. The minimum Gasteiger partial charge on any atom is -0.480 e. The molecule has 0 aromatic heterocycles. The van der Waals surface area contributed by atoms with Gasteiger partial charge in [-0.25, -0.2) is 0 Å². The average Bonchev–Trinajstić information content (AvgIpc) is 1.87. The van der Waals surface area contributed by atoms with E-state index in [0.717, 1.165) is 0 Å². The number of carboxylic acid groups (broad SMARTS) is 1. The van der Waals surface area contributed by atoms with Crippen molar-refractivity contribution in [1.29, 1.82) is 0 Å². The summed E-state index contributed by atoms with van der Waals surface area (Å²) in [5.41, 5.74) is 0. The Morgan fingerprint density at radius 1 is 1.64 bits per heavy atom.